The Morgan fingerprint density at radius 2 is 1.68 bits per heavy atom. The lowest BCUT2D eigenvalue weighted by molar-refractivity contribution is -0.137. The summed E-state index contributed by atoms with van der Waals surface area (Å²) in [7, 11) is 0. The zero-order valence-electron chi connectivity index (χ0n) is 15.8. The maximum atomic E-state index is 12.8. The number of benzene rings is 3. The third-order valence-electron chi connectivity index (χ3n) is 4.74. The number of fused-ring (bicyclic) bond motifs is 1. The van der Waals surface area contributed by atoms with Crippen LogP contribution in [-0.2, 0) is 6.18 Å². The van der Waals surface area contributed by atoms with Gasteiger partial charge in [0.05, 0.1) is 5.56 Å². The summed E-state index contributed by atoms with van der Waals surface area (Å²) in [6, 6.07) is 20.5. The molecule has 0 bridgehead atoms. The van der Waals surface area contributed by atoms with Crippen LogP contribution in [-0.4, -0.2) is 12.3 Å². The van der Waals surface area contributed by atoms with Crippen LogP contribution < -0.4 is 5.32 Å². The molecule has 3 aromatic rings. The van der Waals surface area contributed by atoms with Gasteiger partial charge >= 0.3 is 6.18 Å². The molecule has 1 N–H and O–H groups in total. The maximum absolute atomic E-state index is 12.8. The highest BCUT2D eigenvalue weighted by Crippen LogP contribution is 2.32. The minimum absolute atomic E-state index is 0.252. The van der Waals surface area contributed by atoms with Crippen molar-refractivity contribution in [2.45, 2.75) is 36.9 Å². The van der Waals surface area contributed by atoms with Crippen LogP contribution in [0.1, 0.15) is 36.9 Å². The summed E-state index contributed by atoms with van der Waals surface area (Å²) in [6.07, 6.45) is -2.34. The molecule has 1 atom stereocenters. The number of thioether (sulfide) groups is 1. The first-order chi connectivity index (χ1) is 13.4. The molecule has 148 valence electrons. The topological polar surface area (TPSA) is 12.0 Å². The van der Waals surface area contributed by atoms with E-state index in [1.54, 1.807) is 6.07 Å². The molecule has 0 radical (unpaired) electrons. The van der Waals surface area contributed by atoms with Crippen LogP contribution in [0, 0.1) is 0 Å². The van der Waals surface area contributed by atoms with E-state index in [9.17, 15) is 13.2 Å². The molecule has 0 aliphatic rings. The van der Waals surface area contributed by atoms with Gasteiger partial charge in [-0.15, -0.1) is 11.8 Å². The van der Waals surface area contributed by atoms with Crippen LogP contribution in [0.2, 0.25) is 0 Å². The molecule has 0 aromatic heterocycles. The molecule has 5 heteroatoms. The monoisotopic (exact) mass is 403 g/mol. The van der Waals surface area contributed by atoms with Gasteiger partial charge in [0.2, 0.25) is 0 Å². The number of hydrogen-bond donors (Lipinski definition) is 1. The molecule has 0 aliphatic carbocycles. The van der Waals surface area contributed by atoms with Gasteiger partial charge in [-0.25, -0.2) is 0 Å². The summed E-state index contributed by atoms with van der Waals surface area (Å²) >= 11 is 1.48. The summed E-state index contributed by atoms with van der Waals surface area (Å²) < 4.78 is 38.3. The highest BCUT2D eigenvalue weighted by atomic mass is 32.2. The molecule has 0 amide bonds. The second-order valence-corrected chi connectivity index (χ2v) is 7.99. The number of hydrogen-bond acceptors (Lipinski definition) is 2. The van der Waals surface area contributed by atoms with Crippen molar-refractivity contribution in [3.8, 4) is 0 Å². The zero-order valence-corrected chi connectivity index (χ0v) is 16.6. The summed E-state index contributed by atoms with van der Waals surface area (Å²) in [5, 5.41) is 6.07. The Kier molecular flexibility index (Phi) is 7.03. The highest BCUT2D eigenvalue weighted by Gasteiger charge is 2.30. The minimum atomic E-state index is -4.28. The average molecular weight is 404 g/mol. The standard InChI is InChI=1S/C23H24F3NS/c1-17(21-13-6-9-18-8-2-3-12-22(18)21)27-14-4-5-15-28-20-11-7-10-19(16-20)23(24,25)26/h2-3,6-13,16-17,27H,4-5,14-15H2,1H3. The molecule has 0 saturated heterocycles. The minimum Gasteiger partial charge on any atom is -0.310 e. The second kappa shape index (κ2) is 9.48. The van der Waals surface area contributed by atoms with Crippen LogP contribution in [0.15, 0.2) is 71.6 Å². The van der Waals surface area contributed by atoms with Crippen molar-refractivity contribution in [2.75, 3.05) is 12.3 Å². The zero-order chi connectivity index (χ0) is 20.0. The van der Waals surface area contributed by atoms with E-state index in [0.29, 0.717) is 4.90 Å². The first-order valence-electron chi connectivity index (χ1n) is 9.46. The van der Waals surface area contributed by atoms with Gasteiger partial charge in [-0.05, 0) is 66.6 Å². The van der Waals surface area contributed by atoms with Crippen LogP contribution in [0.3, 0.4) is 0 Å². The van der Waals surface area contributed by atoms with Gasteiger partial charge in [0.15, 0.2) is 0 Å². The van der Waals surface area contributed by atoms with Crippen molar-refractivity contribution >= 4 is 22.5 Å². The lowest BCUT2D eigenvalue weighted by Gasteiger charge is -2.16. The van der Waals surface area contributed by atoms with Gasteiger partial charge in [-0.1, -0.05) is 48.5 Å². The van der Waals surface area contributed by atoms with Gasteiger partial charge < -0.3 is 5.32 Å². The normalized spacial score (nSPS) is 13.0. The smallest absolute Gasteiger partial charge is 0.310 e. The largest absolute Gasteiger partial charge is 0.416 e. The molecular formula is C23H24F3NS. The fourth-order valence-corrected chi connectivity index (χ4v) is 4.21. The SMILES string of the molecule is CC(NCCCCSc1cccc(C(F)(F)F)c1)c1cccc2ccccc12. The van der Waals surface area contributed by atoms with E-state index in [-0.39, 0.29) is 6.04 Å². The molecular weight excluding hydrogens is 379 g/mol. The highest BCUT2D eigenvalue weighted by molar-refractivity contribution is 7.99. The van der Waals surface area contributed by atoms with Crippen molar-refractivity contribution in [3.05, 3.63) is 77.9 Å². The molecule has 0 spiro atoms. The molecule has 1 unspecified atom stereocenters. The summed E-state index contributed by atoms with van der Waals surface area (Å²) in [5.74, 6) is 0.811. The fourth-order valence-electron chi connectivity index (χ4n) is 3.24. The molecule has 3 aromatic carbocycles. The van der Waals surface area contributed by atoms with E-state index < -0.39 is 11.7 Å². The molecule has 3 rings (SSSR count). The van der Waals surface area contributed by atoms with Crippen molar-refractivity contribution < 1.29 is 13.2 Å². The second-order valence-electron chi connectivity index (χ2n) is 6.83. The van der Waals surface area contributed by atoms with Crippen molar-refractivity contribution in [1.29, 1.82) is 0 Å². The van der Waals surface area contributed by atoms with Gasteiger partial charge in [-0.2, -0.15) is 13.2 Å². The summed E-state index contributed by atoms with van der Waals surface area (Å²) in [4.78, 5) is 0.673. The third-order valence-corrected chi connectivity index (χ3v) is 5.82. The lowest BCUT2D eigenvalue weighted by atomic mass is 9.99. The van der Waals surface area contributed by atoms with E-state index >= 15 is 0 Å². The van der Waals surface area contributed by atoms with Crippen molar-refractivity contribution in [3.63, 3.8) is 0 Å². The van der Waals surface area contributed by atoms with E-state index in [1.165, 1.54) is 40.2 Å². The van der Waals surface area contributed by atoms with E-state index in [2.05, 4.69) is 48.6 Å². The molecule has 0 saturated carbocycles. The summed E-state index contributed by atoms with van der Waals surface area (Å²) in [5.41, 5.74) is 0.708. The van der Waals surface area contributed by atoms with Crippen LogP contribution in [0.5, 0.6) is 0 Å². The number of halogens is 3. The van der Waals surface area contributed by atoms with Gasteiger partial charge in [0.25, 0.3) is 0 Å². The molecule has 0 fully saturated rings. The van der Waals surface area contributed by atoms with Crippen LogP contribution in [0.25, 0.3) is 10.8 Å². The van der Waals surface area contributed by atoms with Crippen molar-refractivity contribution in [2.24, 2.45) is 0 Å². The third kappa shape index (κ3) is 5.52. The Balaban J connectivity index is 1.43. The van der Waals surface area contributed by atoms with Gasteiger partial charge in [-0.3, -0.25) is 0 Å². The van der Waals surface area contributed by atoms with E-state index in [4.69, 9.17) is 0 Å². The van der Waals surface area contributed by atoms with Crippen LogP contribution in [0.4, 0.5) is 13.2 Å². The first kappa shape index (κ1) is 20.7. The van der Waals surface area contributed by atoms with E-state index in [0.717, 1.165) is 31.2 Å². The fraction of sp³-hybridized carbons (Fsp3) is 0.304. The van der Waals surface area contributed by atoms with Gasteiger partial charge in [0, 0.05) is 10.9 Å². The predicted molar refractivity (Wildman–Crippen MR) is 112 cm³/mol. The van der Waals surface area contributed by atoms with Gasteiger partial charge in [0.1, 0.15) is 0 Å². The molecule has 0 aliphatic heterocycles. The number of nitrogens with one attached hydrogen (secondary N) is 1. The van der Waals surface area contributed by atoms with E-state index in [1.807, 2.05) is 6.07 Å². The Bertz CT molecular complexity index is 902. The summed E-state index contributed by atoms with van der Waals surface area (Å²) in [6.45, 7) is 3.05. The Morgan fingerprint density at radius 1 is 0.929 bits per heavy atom. The molecule has 0 heterocycles. The molecule has 28 heavy (non-hydrogen) atoms. The van der Waals surface area contributed by atoms with Crippen LogP contribution >= 0.6 is 11.8 Å². The lowest BCUT2D eigenvalue weighted by Crippen LogP contribution is -2.20. The first-order valence-corrected chi connectivity index (χ1v) is 10.4. The quantitative estimate of drug-likeness (QED) is 0.318. The number of rotatable bonds is 8. The number of unbranched alkanes of at least 4 members (excludes halogenated alkanes) is 1. The Morgan fingerprint density at radius 3 is 2.50 bits per heavy atom. The molecule has 1 nitrogen and oxygen atoms in total. The average Bonchev–Trinajstić information content (AvgIpc) is 2.69. The Labute approximate surface area is 168 Å². The predicted octanol–water partition coefficient (Wildman–Crippen LogP) is 7.08. The Hall–Kier alpha value is -1.98. The maximum Gasteiger partial charge on any atom is 0.416 e. The number of alkyl halides is 3. The van der Waals surface area contributed by atoms with Crippen molar-refractivity contribution in [1.82, 2.24) is 5.32 Å².